The summed E-state index contributed by atoms with van der Waals surface area (Å²) in [5.74, 6) is 0. The van der Waals surface area contributed by atoms with E-state index >= 15 is 0 Å². The second-order valence-electron chi connectivity index (χ2n) is 3.01. The highest BCUT2D eigenvalue weighted by atomic mass is 16.2. The van der Waals surface area contributed by atoms with Gasteiger partial charge in [0.2, 0.25) is 0 Å². The van der Waals surface area contributed by atoms with Crippen molar-refractivity contribution in [2.24, 2.45) is 16.9 Å². The van der Waals surface area contributed by atoms with Gasteiger partial charge in [-0.3, -0.25) is 0 Å². The summed E-state index contributed by atoms with van der Waals surface area (Å²) in [5, 5.41) is 7.00. The molecule has 0 saturated heterocycles. The molecule has 0 amide bonds. The number of rotatable bonds is 5. The molecular weight excluding hydrogens is 152 g/mol. The highest BCUT2D eigenvalue weighted by Gasteiger charge is 2.22. The molecule has 0 saturated carbocycles. The van der Waals surface area contributed by atoms with Crippen molar-refractivity contribution in [2.75, 3.05) is 20.2 Å². The van der Waals surface area contributed by atoms with Crippen LogP contribution < -0.4 is 11.5 Å². The number of aliphatic hydroxyl groups excluding tert-OH is 1. The molecule has 0 fully saturated rings. The molecule has 0 aromatic rings. The fourth-order valence-electron chi connectivity index (χ4n) is 1.28. The van der Waals surface area contributed by atoms with E-state index < -0.39 is 0 Å². The number of nitrogens with two attached hydrogens (primary N) is 2. The van der Waals surface area contributed by atoms with Crippen LogP contribution in [0.15, 0.2) is 0 Å². The van der Waals surface area contributed by atoms with Crippen LogP contribution in [0.25, 0.3) is 0 Å². The van der Waals surface area contributed by atoms with Crippen LogP contribution >= 0.6 is 0 Å². The molecule has 12 heavy (non-hydrogen) atoms. The molecule has 0 aromatic heterocycles. The van der Waals surface area contributed by atoms with Gasteiger partial charge in [-0.05, 0) is 31.3 Å². The van der Waals surface area contributed by atoms with Gasteiger partial charge >= 0.3 is 0 Å². The normalized spacial score (nSPS) is 10.5. The lowest BCUT2D eigenvalue weighted by molar-refractivity contribution is 0.269. The first-order valence-electron chi connectivity index (χ1n) is 4.59. The molecule has 0 heterocycles. The second-order valence-corrected chi connectivity index (χ2v) is 3.01. The van der Waals surface area contributed by atoms with E-state index in [1.165, 1.54) is 6.42 Å². The Morgan fingerprint density at radius 3 is 1.58 bits per heavy atom. The van der Waals surface area contributed by atoms with Crippen LogP contribution in [0.1, 0.15) is 33.1 Å². The minimum atomic E-state index is 0.231. The van der Waals surface area contributed by atoms with Crippen LogP contribution in [0.5, 0.6) is 0 Å². The van der Waals surface area contributed by atoms with E-state index in [0.717, 1.165) is 33.0 Å². The zero-order valence-electron chi connectivity index (χ0n) is 8.64. The molecule has 0 unspecified atom stereocenters. The quantitative estimate of drug-likeness (QED) is 0.577. The third-order valence-electron chi connectivity index (χ3n) is 2.40. The summed E-state index contributed by atoms with van der Waals surface area (Å²) in [6.07, 6.45) is 3.45. The predicted molar refractivity (Wildman–Crippen MR) is 53.9 cm³/mol. The van der Waals surface area contributed by atoms with Crippen LogP contribution in [0.3, 0.4) is 0 Å². The van der Waals surface area contributed by atoms with Crippen molar-refractivity contribution in [3.63, 3.8) is 0 Å². The first kappa shape index (κ1) is 14.4. The van der Waals surface area contributed by atoms with E-state index in [0.29, 0.717) is 0 Å². The van der Waals surface area contributed by atoms with Crippen molar-refractivity contribution in [2.45, 2.75) is 33.1 Å². The van der Waals surface area contributed by atoms with Gasteiger partial charge in [-0.15, -0.1) is 0 Å². The van der Waals surface area contributed by atoms with Crippen molar-refractivity contribution in [1.82, 2.24) is 0 Å². The largest absolute Gasteiger partial charge is 0.400 e. The average Bonchev–Trinajstić information content (AvgIpc) is 2.18. The van der Waals surface area contributed by atoms with Crippen LogP contribution in [-0.2, 0) is 0 Å². The monoisotopic (exact) mass is 176 g/mol. The lowest BCUT2D eigenvalue weighted by atomic mass is 9.81. The van der Waals surface area contributed by atoms with Crippen LogP contribution in [0, 0.1) is 5.41 Å². The SMILES string of the molecule is CCCC(CC)(CN)CN.CO. The van der Waals surface area contributed by atoms with Gasteiger partial charge in [0, 0.05) is 7.11 Å². The number of hydrogen-bond donors (Lipinski definition) is 3. The molecule has 0 aliphatic carbocycles. The smallest absolute Gasteiger partial charge is 0.0319 e. The molecule has 0 aromatic carbocycles. The summed E-state index contributed by atoms with van der Waals surface area (Å²) >= 11 is 0. The Balaban J connectivity index is 0. The molecule has 0 rings (SSSR count). The molecule has 3 nitrogen and oxygen atoms in total. The number of aliphatic hydroxyl groups is 1. The molecule has 76 valence electrons. The van der Waals surface area contributed by atoms with Gasteiger partial charge in [-0.2, -0.15) is 0 Å². The Hall–Kier alpha value is -0.120. The Morgan fingerprint density at radius 2 is 1.50 bits per heavy atom. The summed E-state index contributed by atoms with van der Waals surface area (Å²) in [7, 11) is 1.00. The topological polar surface area (TPSA) is 72.3 Å². The van der Waals surface area contributed by atoms with Crippen LogP contribution in [0.2, 0.25) is 0 Å². The molecular formula is C9H24N2O. The van der Waals surface area contributed by atoms with Gasteiger partial charge in [0.15, 0.2) is 0 Å². The van der Waals surface area contributed by atoms with E-state index in [2.05, 4.69) is 13.8 Å². The maximum atomic E-state index is 7.00. The van der Waals surface area contributed by atoms with E-state index in [9.17, 15) is 0 Å². The van der Waals surface area contributed by atoms with Crippen LogP contribution in [-0.4, -0.2) is 25.3 Å². The molecule has 0 spiro atoms. The highest BCUT2D eigenvalue weighted by molar-refractivity contribution is 4.78. The van der Waals surface area contributed by atoms with Gasteiger partial charge < -0.3 is 16.6 Å². The maximum Gasteiger partial charge on any atom is 0.0319 e. The van der Waals surface area contributed by atoms with Crippen molar-refractivity contribution in [1.29, 1.82) is 0 Å². The fourth-order valence-corrected chi connectivity index (χ4v) is 1.28. The Kier molecular flexibility index (Phi) is 10.8. The van der Waals surface area contributed by atoms with Gasteiger partial charge in [0.05, 0.1) is 0 Å². The molecule has 5 N–H and O–H groups in total. The first-order chi connectivity index (χ1) is 5.74. The van der Waals surface area contributed by atoms with E-state index in [1.54, 1.807) is 0 Å². The minimum absolute atomic E-state index is 0.231. The summed E-state index contributed by atoms with van der Waals surface area (Å²) < 4.78 is 0. The minimum Gasteiger partial charge on any atom is -0.400 e. The molecule has 0 atom stereocenters. The van der Waals surface area contributed by atoms with Crippen molar-refractivity contribution in [3.8, 4) is 0 Å². The Bertz CT molecular complexity index is 74.3. The molecule has 0 radical (unpaired) electrons. The lowest BCUT2D eigenvalue weighted by Crippen LogP contribution is -2.37. The van der Waals surface area contributed by atoms with E-state index in [-0.39, 0.29) is 5.41 Å². The zero-order valence-corrected chi connectivity index (χ0v) is 8.64. The standard InChI is InChI=1S/C8H20N2.CH4O/c1-3-5-8(4-2,6-9)7-10;1-2/h3-7,9-10H2,1-2H3;2H,1H3. The van der Waals surface area contributed by atoms with Gasteiger partial charge in [-0.25, -0.2) is 0 Å². The third kappa shape index (κ3) is 4.70. The highest BCUT2D eigenvalue weighted by Crippen LogP contribution is 2.24. The zero-order chi connectivity index (χ0) is 10.0. The Morgan fingerprint density at radius 1 is 1.08 bits per heavy atom. The van der Waals surface area contributed by atoms with Crippen molar-refractivity contribution < 1.29 is 5.11 Å². The molecule has 0 aliphatic heterocycles. The molecule has 0 bridgehead atoms. The third-order valence-corrected chi connectivity index (χ3v) is 2.40. The molecule has 3 heteroatoms. The van der Waals surface area contributed by atoms with Gasteiger partial charge in [0.1, 0.15) is 0 Å². The van der Waals surface area contributed by atoms with Gasteiger partial charge in [-0.1, -0.05) is 20.3 Å². The summed E-state index contributed by atoms with van der Waals surface area (Å²) in [5.41, 5.74) is 11.5. The van der Waals surface area contributed by atoms with E-state index in [4.69, 9.17) is 16.6 Å². The lowest BCUT2D eigenvalue weighted by Gasteiger charge is -2.29. The van der Waals surface area contributed by atoms with Crippen molar-refractivity contribution >= 4 is 0 Å². The van der Waals surface area contributed by atoms with Crippen LogP contribution in [0.4, 0.5) is 0 Å². The van der Waals surface area contributed by atoms with E-state index in [1.807, 2.05) is 0 Å². The number of hydrogen-bond acceptors (Lipinski definition) is 3. The second kappa shape index (κ2) is 8.97. The maximum absolute atomic E-state index is 7.00. The van der Waals surface area contributed by atoms with Gasteiger partial charge in [0.25, 0.3) is 0 Å². The fraction of sp³-hybridized carbons (Fsp3) is 1.00. The predicted octanol–water partition coefficient (Wildman–Crippen LogP) is 0.709. The summed E-state index contributed by atoms with van der Waals surface area (Å²) in [6.45, 7) is 5.80. The average molecular weight is 176 g/mol. The molecule has 0 aliphatic rings. The summed E-state index contributed by atoms with van der Waals surface area (Å²) in [4.78, 5) is 0. The Labute approximate surface area is 76.1 Å². The van der Waals surface area contributed by atoms with Crippen molar-refractivity contribution in [3.05, 3.63) is 0 Å². The summed E-state index contributed by atoms with van der Waals surface area (Å²) in [6, 6.07) is 0. The first-order valence-corrected chi connectivity index (χ1v) is 4.59.